The third kappa shape index (κ3) is 6.56. The Kier molecular flexibility index (Phi) is 8.12. The smallest absolute Gasteiger partial charge is 0.241 e. The van der Waals surface area contributed by atoms with Crippen LogP contribution in [0.5, 0.6) is 0 Å². The van der Waals surface area contributed by atoms with Crippen LogP contribution in [-0.4, -0.2) is 67.8 Å². The van der Waals surface area contributed by atoms with Crippen molar-refractivity contribution in [1.29, 1.82) is 0 Å². The maximum atomic E-state index is 12.2. The van der Waals surface area contributed by atoms with Gasteiger partial charge < -0.3 is 25.4 Å². The molecule has 2 atom stereocenters. The van der Waals surface area contributed by atoms with Gasteiger partial charge in [-0.3, -0.25) is 9.59 Å². The van der Waals surface area contributed by atoms with Crippen LogP contribution >= 0.6 is 0 Å². The van der Waals surface area contributed by atoms with Crippen molar-refractivity contribution >= 4 is 11.8 Å². The van der Waals surface area contributed by atoms with Crippen LogP contribution in [0.3, 0.4) is 0 Å². The first-order valence-electron chi connectivity index (χ1n) is 9.51. The number of likely N-dealkylation sites (tertiary alicyclic amines) is 1. The van der Waals surface area contributed by atoms with Crippen molar-refractivity contribution < 1.29 is 19.1 Å². The molecule has 2 rings (SSSR count). The van der Waals surface area contributed by atoms with Crippen molar-refractivity contribution in [2.24, 2.45) is 11.7 Å². The highest BCUT2D eigenvalue weighted by atomic mass is 16.5. The summed E-state index contributed by atoms with van der Waals surface area (Å²) in [6.45, 7) is 6.61. The quantitative estimate of drug-likeness (QED) is 0.700. The third-order valence-corrected chi connectivity index (χ3v) is 5.02. The molecule has 25 heavy (non-hydrogen) atoms. The molecule has 0 spiro atoms. The Morgan fingerprint density at radius 2 is 1.96 bits per heavy atom. The third-order valence-electron chi connectivity index (χ3n) is 5.02. The van der Waals surface area contributed by atoms with E-state index >= 15 is 0 Å². The predicted molar refractivity (Wildman–Crippen MR) is 95.0 cm³/mol. The molecule has 0 aromatic rings. The van der Waals surface area contributed by atoms with Crippen LogP contribution in [0.25, 0.3) is 0 Å². The summed E-state index contributed by atoms with van der Waals surface area (Å²) >= 11 is 0. The van der Waals surface area contributed by atoms with Gasteiger partial charge in [0.05, 0.1) is 31.4 Å². The van der Waals surface area contributed by atoms with E-state index in [2.05, 4.69) is 5.32 Å². The van der Waals surface area contributed by atoms with E-state index in [9.17, 15) is 9.59 Å². The first-order valence-corrected chi connectivity index (χ1v) is 9.51. The van der Waals surface area contributed by atoms with Crippen molar-refractivity contribution in [3.05, 3.63) is 0 Å². The summed E-state index contributed by atoms with van der Waals surface area (Å²) < 4.78 is 11.6. The molecule has 2 fully saturated rings. The number of piperidine rings is 1. The molecule has 7 heteroatoms. The molecule has 7 nitrogen and oxygen atoms in total. The molecular formula is C18H33N3O4. The summed E-state index contributed by atoms with van der Waals surface area (Å²) in [6.07, 6.45) is 5.53. The van der Waals surface area contributed by atoms with Crippen molar-refractivity contribution in [3.63, 3.8) is 0 Å². The topological polar surface area (TPSA) is 93.9 Å². The molecule has 2 heterocycles. The standard InChI is InChI=1S/C18H33N3O4/c1-13(2)17(19)18(23)20-11-16(22)21-8-6-14(7-9-21)25-12-15-5-3-4-10-24-15/h13-15,17H,3-12,19H2,1-2H3,(H,20,23)/t15?,17-/m0/s1. The summed E-state index contributed by atoms with van der Waals surface area (Å²) in [5.41, 5.74) is 5.77. The number of carbonyl (C=O) groups is 2. The van der Waals surface area contributed by atoms with Crippen LogP contribution < -0.4 is 11.1 Å². The fourth-order valence-corrected chi connectivity index (χ4v) is 3.15. The molecule has 2 amide bonds. The Bertz CT molecular complexity index is 430. The molecule has 0 aliphatic carbocycles. The lowest BCUT2D eigenvalue weighted by Crippen LogP contribution is -2.49. The fourth-order valence-electron chi connectivity index (χ4n) is 3.15. The second-order valence-corrected chi connectivity index (χ2v) is 7.39. The first kappa shape index (κ1) is 20.1. The van der Waals surface area contributed by atoms with Gasteiger partial charge in [0.1, 0.15) is 0 Å². The van der Waals surface area contributed by atoms with Gasteiger partial charge in [-0.15, -0.1) is 0 Å². The van der Waals surface area contributed by atoms with Crippen LogP contribution in [0.4, 0.5) is 0 Å². The lowest BCUT2D eigenvalue weighted by Gasteiger charge is -2.33. The van der Waals surface area contributed by atoms with E-state index in [4.69, 9.17) is 15.2 Å². The number of nitrogens with zero attached hydrogens (tertiary/aromatic N) is 1. The zero-order valence-corrected chi connectivity index (χ0v) is 15.5. The maximum Gasteiger partial charge on any atom is 0.241 e. The van der Waals surface area contributed by atoms with Gasteiger partial charge in [-0.05, 0) is 38.0 Å². The molecule has 2 aliphatic rings. The van der Waals surface area contributed by atoms with Crippen LogP contribution in [0.2, 0.25) is 0 Å². The Balaban J connectivity index is 1.62. The van der Waals surface area contributed by atoms with E-state index < -0.39 is 6.04 Å². The van der Waals surface area contributed by atoms with E-state index in [1.54, 1.807) is 4.90 Å². The van der Waals surface area contributed by atoms with Gasteiger partial charge in [0, 0.05) is 19.7 Å². The Hall–Kier alpha value is -1.18. The number of nitrogens with two attached hydrogens (primary N) is 1. The normalized spacial score (nSPS) is 23.5. The number of hydrogen-bond acceptors (Lipinski definition) is 5. The SMILES string of the molecule is CC(C)[C@H](N)C(=O)NCC(=O)N1CCC(OCC2CCCCO2)CC1. The van der Waals surface area contributed by atoms with Crippen LogP contribution in [0.1, 0.15) is 46.0 Å². The van der Waals surface area contributed by atoms with Gasteiger partial charge in [0.2, 0.25) is 11.8 Å². The average molecular weight is 355 g/mol. The largest absolute Gasteiger partial charge is 0.376 e. The molecule has 0 aromatic carbocycles. The molecule has 144 valence electrons. The number of amides is 2. The number of hydrogen-bond donors (Lipinski definition) is 2. The Morgan fingerprint density at radius 1 is 1.24 bits per heavy atom. The monoisotopic (exact) mass is 355 g/mol. The van der Waals surface area contributed by atoms with Crippen molar-refractivity contribution in [1.82, 2.24) is 10.2 Å². The number of ether oxygens (including phenoxy) is 2. The van der Waals surface area contributed by atoms with Crippen LogP contribution in [0.15, 0.2) is 0 Å². The highest BCUT2D eigenvalue weighted by Gasteiger charge is 2.25. The number of carbonyl (C=O) groups excluding carboxylic acids is 2. The summed E-state index contributed by atoms with van der Waals surface area (Å²) in [5, 5.41) is 2.64. The van der Waals surface area contributed by atoms with Crippen molar-refractivity contribution in [2.45, 2.75) is 64.2 Å². The molecule has 3 N–H and O–H groups in total. The van der Waals surface area contributed by atoms with Gasteiger partial charge in [-0.2, -0.15) is 0 Å². The number of rotatable bonds is 7. The summed E-state index contributed by atoms with van der Waals surface area (Å²) in [7, 11) is 0. The molecule has 2 aliphatic heterocycles. The minimum atomic E-state index is -0.575. The lowest BCUT2D eigenvalue weighted by molar-refractivity contribution is -0.136. The molecule has 0 radical (unpaired) electrons. The van der Waals surface area contributed by atoms with Crippen LogP contribution in [-0.2, 0) is 19.1 Å². The van der Waals surface area contributed by atoms with Gasteiger partial charge in [-0.1, -0.05) is 13.8 Å². The fraction of sp³-hybridized carbons (Fsp3) is 0.889. The zero-order chi connectivity index (χ0) is 18.2. The average Bonchev–Trinajstić information content (AvgIpc) is 2.64. The Labute approximate surface area is 150 Å². The van der Waals surface area contributed by atoms with Crippen molar-refractivity contribution in [2.75, 3.05) is 32.8 Å². The van der Waals surface area contributed by atoms with Gasteiger partial charge >= 0.3 is 0 Å². The lowest BCUT2D eigenvalue weighted by atomic mass is 10.1. The minimum absolute atomic E-state index is 0.0146. The van der Waals surface area contributed by atoms with Gasteiger partial charge in [-0.25, -0.2) is 0 Å². The predicted octanol–water partition coefficient (Wildman–Crippen LogP) is 0.663. The van der Waals surface area contributed by atoms with Gasteiger partial charge in [0.25, 0.3) is 0 Å². The second-order valence-electron chi connectivity index (χ2n) is 7.39. The molecule has 0 aromatic heterocycles. The summed E-state index contributed by atoms with van der Waals surface area (Å²) in [6, 6.07) is -0.575. The highest BCUT2D eigenvalue weighted by molar-refractivity contribution is 5.87. The molecule has 2 saturated heterocycles. The van der Waals surface area contributed by atoms with E-state index in [0.717, 1.165) is 32.3 Å². The highest BCUT2D eigenvalue weighted by Crippen LogP contribution is 2.17. The maximum absolute atomic E-state index is 12.2. The van der Waals surface area contributed by atoms with E-state index in [0.29, 0.717) is 19.7 Å². The van der Waals surface area contributed by atoms with E-state index in [1.165, 1.54) is 6.42 Å². The summed E-state index contributed by atoms with van der Waals surface area (Å²) in [4.78, 5) is 25.8. The van der Waals surface area contributed by atoms with Gasteiger partial charge in [0.15, 0.2) is 0 Å². The van der Waals surface area contributed by atoms with E-state index in [-0.39, 0.29) is 36.5 Å². The second kappa shape index (κ2) is 10.1. The number of nitrogens with one attached hydrogen (secondary N) is 1. The molecule has 1 unspecified atom stereocenters. The van der Waals surface area contributed by atoms with Crippen molar-refractivity contribution in [3.8, 4) is 0 Å². The summed E-state index contributed by atoms with van der Waals surface area (Å²) in [5.74, 6) is -0.274. The van der Waals surface area contributed by atoms with E-state index in [1.807, 2.05) is 13.8 Å². The molecule has 0 bridgehead atoms. The minimum Gasteiger partial charge on any atom is -0.376 e. The molecular weight excluding hydrogens is 322 g/mol. The zero-order valence-electron chi connectivity index (χ0n) is 15.5. The first-order chi connectivity index (χ1) is 12.0. The molecule has 0 saturated carbocycles. The van der Waals surface area contributed by atoms with Crippen LogP contribution in [0, 0.1) is 5.92 Å². The Morgan fingerprint density at radius 3 is 2.56 bits per heavy atom.